The van der Waals surface area contributed by atoms with E-state index >= 15 is 0 Å². The van der Waals surface area contributed by atoms with E-state index in [1.165, 1.54) is 0 Å². The minimum atomic E-state index is 0.123. The maximum atomic E-state index is 11.3. The van der Waals surface area contributed by atoms with Crippen LogP contribution in [0.2, 0.25) is 0 Å². The Hall–Kier alpha value is -0.570. The van der Waals surface area contributed by atoms with E-state index in [1.807, 2.05) is 6.92 Å². The molecule has 0 fully saturated rings. The number of hydrogen-bond donors (Lipinski definition) is 2. The van der Waals surface area contributed by atoms with Gasteiger partial charge in [0, 0.05) is 13.0 Å². The standard InChI is InChI=1S/C10H22N2O/c1-4-8(2)7-12-10(13)5-9(3)6-11/h8-9H,4-7,11H2,1-3H3,(H,12,13). The second kappa shape index (κ2) is 6.89. The number of rotatable bonds is 6. The zero-order valence-corrected chi connectivity index (χ0v) is 8.97. The molecule has 0 spiro atoms. The molecule has 3 N–H and O–H groups in total. The molecule has 0 aliphatic carbocycles. The van der Waals surface area contributed by atoms with E-state index in [1.54, 1.807) is 0 Å². The van der Waals surface area contributed by atoms with Crippen LogP contribution in [0.1, 0.15) is 33.6 Å². The van der Waals surface area contributed by atoms with Gasteiger partial charge in [0.25, 0.3) is 0 Å². The molecule has 0 aliphatic heterocycles. The van der Waals surface area contributed by atoms with Gasteiger partial charge in [0.2, 0.25) is 5.91 Å². The Balaban J connectivity index is 3.51. The molecule has 0 rings (SSSR count). The van der Waals surface area contributed by atoms with Crippen molar-refractivity contribution in [1.29, 1.82) is 0 Å². The largest absolute Gasteiger partial charge is 0.356 e. The average Bonchev–Trinajstić information content (AvgIpc) is 2.13. The van der Waals surface area contributed by atoms with Crippen molar-refractivity contribution in [3.05, 3.63) is 0 Å². The maximum absolute atomic E-state index is 11.3. The van der Waals surface area contributed by atoms with Gasteiger partial charge in [0.05, 0.1) is 0 Å². The first-order valence-corrected chi connectivity index (χ1v) is 5.06. The van der Waals surface area contributed by atoms with E-state index in [-0.39, 0.29) is 11.8 Å². The highest BCUT2D eigenvalue weighted by Crippen LogP contribution is 2.00. The quantitative estimate of drug-likeness (QED) is 0.653. The third-order valence-corrected chi connectivity index (χ3v) is 2.28. The third kappa shape index (κ3) is 6.58. The second-order valence-corrected chi connectivity index (χ2v) is 3.86. The molecule has 2 unspecified atom stereocenters. The van der Waals surface area contributed by atoms with Crippen LogP contribution in [0.15, 0.2) is 0 Å². The smallest absolute Gasteiger partial charge is 0.220 e. The Labute approximate surface area is 81.1 Å². The molecule has 0 aromatic heterocycles. The van der Waals surface area contributed by atoms with Gasteiger partial charge in [0.1, 0.15) is 0 Å². The fourth-order valence-corrected chi connectivity index (χ4v) is 0.904. The van der Waals surface area contributed by atoms with Gasteiger partial charge in [-0.25, -0.2) is 0 Å². The normalized spacial score (nSPS) is 15.1. The SMILES string of the molecule is CCC(C)CNC(=O)CC(C)CN. The van der Waals surface area contributed by atoms with E-state index in [0.717, 1.165) is 13.0 Å². The molecule has 2 atom stereocenters. The van der Waals surface area contributed by atoms with Crippen LogP contribution >= 0.6 is 0 Å². The van der Waals surface area contributed by atoms with Gasteiger partial charge in [-0.1, -0.05) is 27.2 Å². The van der Waals surface area contributed by atoms with Crippen molar-refractivity contribution in [1.82, 2.24) is 5.32 Å². The Morgan fingerprint density at radius 2 is 2.00 bits per heavy atom. The van der Waals surface area contributed by atoms with Gasteiger partial charge in [0.15, 0.2) is 0 Å². The highest BCUT2D eigenvalue weighted by Gasteiger charge is 2.07. The monoisotopic (exact) mass is 186 g/mol. The highest BCUT2D eigenvalue weighted by molar-refractivity contribution is 5.76. The van der Waals surface area contributed by atoms with Crippen molar-refractivity contribution >= 4 is 5.91 Å². The summed E-state index contributed by atoms with van der Waals surface area (Å²) in [4.78, 5) is 11.3. The number of nitrogens with two attached hydrogens (primary N) is 1. The van der Waals surface area contributed by atoms with E-state index in [9.17, 15) is 4.79 Å². The van der Waals surface area contributed by atoms with Gasteiger partial charge in [-0.2, -0.15) is 0 Å². The molecule has 0 heterocycles. The lowest BCUT2D eigenvalue weighted by molar-refractivity contribution is -0.122. The maximum Gasteiger partial charge on any atom is 0.220 e. The van der Waals surface area contributed by atoms with E-state index in [0.29, 0.717) is 18.9 Å². The van der Waals surface area contributed by atoms with E-state index in [2.05, 4.69) is 19.2 Å². The van der Waals surface area contributed by atoms with E-state index in [4.69, 9.17) is 5.73 Å². The third-order valence-electron chi connectivity index (χ3n) is 2.28. The summed E-state index contributed by atoms with van der Waals surface area (Å²) in [5.41, 5.74) is 5.42. The summed E-state index contributed by atoms with van der Waals surface area (Å²) in [6.45, 7) is 7.61. The molecule has 0 radical (unpaired) electrons. The minimum absolute atomic E-state index is 0.123. The van der Waals surface area contributed by atoms with Crippen LogP contribution in [0.5, 0.6) is 0 Å². The van der Waals surface area contributed by atoms with Gasteiger partial charge in [-0.3, -0.25) is 4.79 Å². The molecule has 0 saturated heterocycles. The van der Waals surface area contributed by atoms with Gasteiger partial charge < -0.3 is 11.1 Å². The molecule has 0 aliphatic rings. The molecule has 78 valence electrons. The summed E-state index contributed by atoms with van der Waals surface area (Å²) >= 11 is 0. The molecule has 0 bridgehead atoms. The van der Waals surface area contributed by atoms with Crippen LogP contribution < -0.4 is 11.1 Å². The van der Waals surface area contributed by atoms with Crippen molar-refractivity contribution < 1.29 is 4.79 Å². The molecule has 0 saturated carbocycles. The highest BCUT2D eigenvalue weighted by atomic mass is 16.1. The first kappa shape index (κ1) is 12.4. The van der Waals surface area contributed by atoms with Crippen molar-refractivity contribution in [2.75, 3.05) is 13.1 Å². The topological polar surface area (TPSA) is 55.1 Å². The van der Waals surface area contributed by atoms with Crippen molar-refractivity contribution in [3.63, 3.8) is 0 Å². The average molecular weight is 186 g/mol. The molecular formula is C10H22N2O. The molecule has 3 heteroatoms. The van der Waals surface area contributed by atoms with Crippen molar-refractivity contribution in [2.24, 2.45) is 17.6 Å². The number of nitrogens with one attached hydrogen (secondary N) is 1. The molecular weight excluding hydrogens is 164 g/mol. The summed E-state index contributed by atoms with van der Waals surface area (Å²) < 4.78 is 0. The van der Waals surface area contributed by atoms with E-state index < -0.39 is 0 Å². The lowest BCUT2D eigenvalue weighted by atomic mass is 10.1. The predicted octanol–water partition coefficient (Wildman–Crippen LogP) is 1.13. The zero-order chi connectivity index (χ0) is 10.3. The van der Waals surface area contributed by atoms with Gasteiger partial charge in [-0.05, 0) is 18.4 Å². The Morgan fingerprint density at radius 3 is 2.46 bits per heavy atom. The molecule has 0 aromatic carbocycles. The first-order chi connectivity index (χ1) is 6.10. The fraction of sp³-hybridized carbons (Fsp3) is 0.900. The second-order valence-electron chi connectivity index (χ2n) is 3.86. The molecule has 0 aromatic rings. The summed E-state index contributed by atoms with van der Waals surface area (Å²) in [6, 6.07) is 0. The van der Waals surface area contributed by atoms with Crippen LogP contribution in [0.3, 0.4) is 0 Å². The molecule has 3 nitrogen and oxygen atoms in total. The number of hydrogen-bond acceptors (Lipinski definition) is 2. The van der Waals surface area contributed by atoms with Crippen molar-refractivity contribution in [2.45, 2.75) is 33.6 Å². The fourth-order valence-electron chi connectivity index (χ4n) is 0.904. The van der Waals surface area contributed by atoms with Crippen molar-refractivity contribution in [3.8, 4) is 0 Å². The number of carbonyl (C=O) groups is 1. The number of amides is 1. The summed E-state index contributed by atoms with van der Waals surface area (Å²) in [5.74, 6) is 0.979. The van der Waals surface area contributed by atoms with Crippen LogP contribution in [0.4, 0.5) is 0 Å². The van der Waals surface area contributed by atoms with Crippen LogP contribution in [0.25, 0.3) is 0 Å². The Morgan fingerprint density at radius 1 is 1.38 bits per heavy atom. The Bertz CT molecular complexity index is 148. The lowest BCUT2D eigenvalue weighted by Crippen LogP contribution is -2.30. The zero-order valence-electron chi connectivity index (χ0n) is 8.97. The lowest BCUT2D eigenvalue weighted by Gasteiger charge is -2.12. The molecule has 13 heavy (non-hydrogen) atoms. The summed E-state index contributed by atoms with van der Waals surface area (Å²) in [7, 11) is 0. The summed E-state index contributed by atoms with van der Waals surface area (Å²) in [5, 5.41) is 2.90. The van der Waals surface area contributed by atoms with Crippen LogP contribution in [-0.4, -0.2) is 19.0 Å². The minimum Gasteiger partial charge on any atom is -0.356 e. The van der Waals surface area contributed by atoms with Gasteiger partial charge >= 0.3 is 0 Å². The Kier molecular flexibility index (Phi) is 6.59. The van der Waals surface area contributed by atoms with Crippen LogP contribution in [-0.2, 0) is 4.79 Å². The first-order valence-electron chi connectivity index (χ1n) is 5.06. The van der Waals surface area contributed by atoms with Gasteiger partial charge in [-0.15, -0.1) is 0 Å². The number of carbonyl (C=O) groups excluding carboxylic acids is 1. The summed E-state index contributed by atoms with van der Waals surface area (Å²) in [6.07, 6.45) is 1.65. The van der Waals surface area contributed by atoms with Crippen LogP contribution in [0, 0.1) is 11.8 Å². The predicted molar refractivity (Wildman–Crippen MR) is 55.3 cm³/mol. The molecule has 1 amide bonds.